The van der Waals surface area contributed by atoms with Gasteiger partial charge in [-0.3, -0.25) is 4.98 Å². The number of H-pyrrole nitrogens is 1. The topological polar surface area (TPSA) is 54.7 Å². The minimum absolute atomic E-state index is 0.362. The van der Waals surface area contributed by atoms with Gasteiger partial charge < -0.3 is 10.7 Å². The Labute approximate surface area is 62.0 Å². The van der Waals surface area contributed by atoms with Gasteiger partial charge >= 0.3 is 0 Å². The molecule has 0 aliphatic carbocycles. The molecule has 0 spiro atoms. The van der Waals surface area contributed by atoms with E-state index in [9.17, 15) is 4.39 Å². The summed E-state index contributed by atoms with van der Waals surface area (Å²) in [6, 6.07) is 3.02. The van der Waals surface area contributed by atoms with E-state index in [2.05, 4.69) is 9.97 Å². The van der Waals surface area contributed by atoms with Crippen molar-refractivity contribution in [2.45, 2.75) is 0 Å². The molecule has 11 heavy (non-hydrogen) atoms. The normalized spacial score (nSPS) is 10.6. The Kier molecular flexibility index (Phi) is 1.09. The van der Waals surface area contributed by atoms with Gasteiger partial charge in [0, 0.05) is 12.1 Å². The number of halogens is 1. The molecule has 2 rings (SSSR count). The standard InChI is InChI=1S/C7H6FN3/c8-4-1-6-5(10-3-4)2-7(9)11-6/h1-3,11H,9H2. The highest BCUT2D eigenvalue weighted by molar-refractivity contribution is 5.78. The number of hydrogen-bond donors (Lipinski definition) is 2. The Balaban J connectivity index is 2.82. The van der Waals surface area contributed by atoms with Crippen LogP contribution in [0.3, 0.4) is 0 Å². The number of pyridine rings is 1. The number of nitrogens with zero attached hydrogens (tertiary/aromatic N) is 1. The fourth-order valence-corrected chi connectivity index (χ4v) is 1.00. The summed E-state index contributed by atoms with van der Waals surface area (Å²) in [7, 11) is 0. The van der Waals surface area contributed by atoms with E-state index >= 15 is 0 Å². The summed E-state index contributed by atoms with van der Waals surface area (Å²) >= 11 is 0. The summed E-state index contributed by atoms with van der Waals surface area (Å²) in [5.74, 6) is 0.137. The van der Waals surface area contributed by atoms with E-state index in [1.165, 1.54) is 6.07 Å². The summed E-state index contributed by atoms with van der Waals surface area (Å²) in [5, 5.41) is 0. The van der Waals surface area contributed by atoms with Gasteiger partial charge in [-0.05, 0) is 0 Å². The Morgan fingerprint density at radius 1 is 1.45 bits per heavy atom. The van der Waals surface area contributed by atoms with Crippen LogP contribution in [-0.2, 0) is 0 Å². The Bertz CT molecular complexity index is 393. The zero-order valence-corrected chi connectivity index (χ0v) is 5.63. The summed E-state index contributed by atoms with van der Waals surface area (Å²) in [6.45, 7) is 0. The average molecular weight is 151 g/mol. The van der Waals surface area contributed by atoms with Crippen molar-refractivity contribution >= 4 is 16.9 Å². The third kappa shape index (κ3) is 0.920. The van der Waals surface area contributed by atoms with Crippen molar-refractivity contribution in [2.75, 3.05) is 5.73 Å². The predicted octanol–water partition coefficient (Wildman–Crippen LogP) is 1.28. The molecule has 3 nitrogen and oxygen atoms in total. The molecule has 0 atom stereocenters. The number of nitrogens with one attached hydrogen (secondary N) is 1. The van der Waals surface area contributed by atoms with Gasteiger partial charge in [0.15, 0.2) is 0 Å². The highest BCUT2D eigenvalue weighted by Crippen LogP contribution is 2.14. The smallest absolute Gasteiger partial charge is 0.143 e. The molecule has 2 heterocycles. The van der Waals surface area contributed by atoms with Gasteiger partial charge in [-0.1, -0.05) is 0 Å². The van der Waals surface area contributed by atoms with Crippen LogP contribution in [-0.4, -0.2) is 9.97 Å². The minimum atomic E-state index is -0.362. The first-order valence-electron chi connectivity index (χ1n) is 3.15. The zero-order chi connectivity index (χ0) is 7.84. The van der Waals surface area contributed by atoms with Gasteiger partial charge in [0.05, 0.1) is 17.2 Å². The maximum Gasteiger partial charge on any atom is 0.143 e. The third-order valence-corrected chi connectivity index (χ3v) is 1.46. The number of rotatable bonds is 0. The second-order valence-corrected chi connectivity index (χ2v) is 2.31. The number of anilines is 1. The maximum absolute atomic E-state index is 12.5. The van der Waals surface area contributed by atoms with Crippen LogP contribution >= 0.6 is 0 Å². The minimum Gasteiger partial charge on any atom is -0.385 e. The predicted molar refractivity (Wildman–Crippen MR) is 40.5 cm³/mol. The van der Waals surface area contributed by atoms with E-state index in [1.54, 1.807) is 6.07 Å². The summed E-state index contributed by atoms with van der Waals surface area (Å²) in [4.78, 5) is 6.59. The molecule has 0 aliphatic rings. The van der Waals surface area contributed by atoms with E-state index < -0.39 is 0 Å². The molecule has 56 valence electrons. The second-order valence-electron chi connectivity index (χ2n) is 2.31. The highest BCUT2D eigenvalue weighted by atomic mass is 19.1. The van der Waals surface area contributed by atoms with Crippen molar-refractivity contribution < 1.29 is 4.39 Å². The Morgan fingerprint density at radius 3 is 3.09 bits per heavy atom. The van der Waals surface area contributed by atoms with Crippen molar-refractivity contribution in [2.24, 2.45) is 0 Å². The van der Waals surface area contributed by atoms with E-state index in [4.69, 9.17) is 5.73 Å². The molecular formula is C7H6FN3. The first-order chi connectivity index (χ1) is 5.25. The SMILES string of the molecule is Nc1cc2ncc(F)cc2[nH]1. The maximum atomic E-state index is 12.5. The van der Waals surface area contributed by atoms with Gasteiger partial charge in [0.2, 0.25) is 0 Å². The zero-order valence-electron chi connectivity index (χ0n) is 5.63. The van der Waals surface area contributed by atoms with Gasteiger partial charge in [0.1, 0.15) is 11.6 Å². The number of fused-ring (bicyclic) bond motifs is 1. The van der Waals surface area contributed by atoms with Crippen LogP contribution in [0.2, 0.25) is 0 Å². The first-order valence-corrected chi connectivity index (χ1v) is 3.15. The van der Waals surface area contributed by atoms with Gasteiger partial charge in [-0.15, -0.1) is 0 Å². The third-order valence-electron chi connectivity index (χ3n) is 1.46. The molecule has 2 aromatic rings. The van der Waals surface area contributed by atoms with E-state index in [0.29, 0.717) is 16.9 Å². The lowest BCUT2D eigenvalue weighted by Gasteiger charge is -1.86. The van der Waals surface area contributed by atoms with Crippen molar-refractivity contribution in [3.63, 3.8) is 0 Å². The summed E-state index contributed by atoms with van der Waals surface area (Å²) < 4.78 is 12.5. The molecule has 0 amide bonds. The van der Waals surface area contributed by atoms with E-state index in [-0.39, 0.29) is 5.82 Å². The lowest BCUT2D eigenvalue weighted by atomic mass is 10.4. The molecule has 0 aliphatic heterocycles. The van der Waals surface area contributed by atoms with Crippen LogP contribution in [0.25, 0.3) is 11.0 Å². The van der Waals surface area contributed by atoms with Crippen LogP contribution < -0.4 is 5.73 Å². The van der Waals surface area contributed by atoms with E-state index in [0.717, 1.165) is 6.20 Å². The van der Waals surface area contributed by atoms with E-state index in [1.807, 2.05) is 0 Å². The van der Waals surface area contributed by atoms with Crippen LogP contribution in [0.5, 0.6) is 0 Å². The average Bonchev–Trinajstić information content (AvgIpc) is 2.27. The molecule has 0 aromatic carbocycles. The van der Waals surface area contributed by atoms with Crippen molar-refractivity contribution in [3.8, 4) is 0 Å². The van der Waals surface area contributed by atoms with Gasteiger partial charge in [0.25, 0.3) is 0 Å². The van der Waals surface area contributed by atoms with Crippen LogP contribution in [0.15, 0.2) is 18.3 Å². The molecule has 0 fully saturated rings. The molecule has 0 saturated carbocycles. The lowest BCUT2D eigenvalue weighted by molar-refractivity contribution is 0.624. The van der Waals surface area contributed by atoms with Gasteiger partial charge in [-0.2, -0.15) is 0 Å². The van der Waals surface area contributed by atoms with Crippen molar-refractivity contribution in [1.82, 2.24) is 9.97 Å². The number of aromatic nitrogens is 2. The molecule has 3 N–H and O–H groups in total. The Morgan fingerprint density at radius 2 is 2.27 bits per heavy atom. The fourth-order valence-electron chi connectivity index (χ4n) is 1.00. The van der Waals surface area contributed by atoms with Crippen molar-refractivity contribution in [1.29, 1.82) is 0 Å². The number of hydrogen-bond acceptors (Lipinski definition) is 2. The van der Waals surface area contributed by atoms with Gasteiger partial charge in [-0.25, -0.2) is 4.39 Å². The molecule has 2 aromatic heterocycles. The molecule has 0 unspecified atom stereocenters. The molecular weight excluding hydrogens is 145 g/mol. The number of nitrogens with two attached hydrogens (primary N) is 1. The molecule has 0 bridgehead atoms. The molecule has 0 saturated heterocycles. The summed E-state index contributed by atoms with van der Waals surface area (Å²) in [6.07, 6.45) is 1.16. The van der Waals surface area contributed by atoms with Crippen LogP contribution in [0.1, 0.15) is 0 Å². The van der Waals surface area contributed by atoms with Crippen LogP contribution in [0.4, 0.5) is 10.2 Å². The quantitative estimate of drug-likeness (QED) is 0.596. The fraction of sp³-hybridized carbons (Fsp3) is 0. The molecule has 4 heteroatoms. The largest absolute Gasteiger partial charge is 0.385 e. The second kappa shape index (κ2) is 1.95. The lowest BCUT2D eigenvalue weighted by Crippen LogP contribution is -1.80. The van der Waals surface area contributed by atoms with Crippen LogP contribution in [0, 0.1) is 5.82 Å². The van der Waals surface area contributed by atoms with Crippen molar-refractivity contribution in [3.05, 3.63) is 24.1 Å². The number of aromatic amines is 1. The number of nitrogen functional groups attached to an aromatic ring is 1. The molecule has 0 radical (unpaired) electrons. The Hall–Kier alpha value is -1.58. The monoisotopic (exact) mass is 151 g/mol. The highest BCUT2D eigenvalue weighted by Gasteiger charge is 1.99. The summed E-state index contributed by atoms with van der Waals surface area (Å²) in [5.41, 5.74) is 6.73. The first kappa shape index (κ1) is 6.15.